The molecule has 1 rings (SSSR count). The summed E-state index contributed by atoms with van der Waals surface area (Å²) >= 11 is 11.8. The summed E-state index contributed by atoms with van der Waals surface area (Å²) in [6.45, 7) is 1.98. The second kappa shape index (κ2) is 7.37. The number of hydrogen-bond donors (Lipinski definition) is 1. The first-order valence-electron chi connectivity index (χ1n) is 5.59. The van der Waals surface area contributed by atoms with E-state index in [1.807, 2.05) is 6.92 Å². The Morgan fingerprint density at radius 3 is 2.71 bits per heavy atom. The molecule has 2 unspecified atom stereocenters. The monoisotopic (exact) mass is 293 g/mol. The summed E-state index contributed by atoms with van der Waals surface area (Å²) in [5.74, 6) is 0.604. The van der Waals surface area contributed by atoms with Gasteiger partial charge in [-0.2, -0.15) is 0 Å². The SMILES string of the molecule is CC(N)CCCCS(=O)c1cc(Cl)ccc1Cl. The quantitative estimate of drug-likeness (QED) is 0.814. The first kappa shape index (κ1) is 15.0. The third-order valence-electron chi connectivity index (χ3n) is 2.38. The van der Waals surface area contributed by atoms with E-state index in [1.54, 1.807) is 18.2 Å². The van der Waals surface area contributed by atoms with Crippen LogP contribution in [0.4, 0.5) is 0 Å². The van der Waals surface area contributed by atoms with Crippen molar-refractivity contribution in [2.45, 2.75) is 37.1 Å². The predicted octanol–water partition coefficient (Wildman–Crippen LogP) is 3.62. The van der Waals surface area contributed by atoms with Crippen molar-refractivity contribution in [3.8, 4) is 0 Å². The molecule has 0 saturated carbocycles. The molecule has 0 heterocycles. The van der Waals surface area contributed by atoms with Crippen molar-refractivity contribution in [2.24, 2.45) is 5.73 Å². The van der Waals surface area contributed by atoms with Crippen LogP contribution in [0.3, 0.4) is 0 Å². The number of rotatable bonds is 6. The molecule has 0 aliphatic heterocycles. The Bertz CT molecular complexity index is 396. The minimum atomic E-state index is -1.08. The zero-order chi connectivity index (χ0) is 12.8. The van der Waals surface area contributed by atoms with E-state index in [9.17, 15) is 4.21 Å². The van der Waals surface area contributed by atoms with Crippen molar-refractivity contribution in [2.75, 3.05) is 5.75 Å². The summed E-state index contributed by atoms with van der Waals surface area (Å²) in [4.78, 5) is 0.625. The van der Waals surface area contributed by atoms with E-state index < -0.39 is 10.8 Å². The summed E-state index contributed by atoms with van der Waals surface area (Å²) in [6.07, 6.45) is 2.83. The lowest BCUT2D eigenvalue weighted by Crippen LogP contribution is -2.14. The average molecular weight is 294 g/mol. The summed E-state index contributed by atoms with van der Waals surface area (Å²) < 4.78 is 12.0. The van der Waals surface area contributed by atoms with Crippen LogP contribution in [0.5, 0.6) is 0 Å². The van der Waals surface area contributed by atoms with Gasteiger partial charge in [0.15, 0.2) is 0 Å². The van der Waals surface area contributed by atoms with Crippen LogP contribution in [0.15, 0.2) is 23.1 Å². The Labute approximate surface area is 115 Å². The van der Waals surface area contributed by atoms with Crippen molar-refractivity contribution in [1.29, 1.82) is 0 Å². The van der Waals surface area contributed by atoms with Crippen LogP contribution in [0.2, 0.25) is 10.0 Å². The van der Waals surface area contributed by atoms with Gasteiger partial charge in [0, 0.05) is 16.8 Å². The Balaban J connectivity index is 2.49. The highest BCUT2D eigenvalue weighted by Crippen LogP contribution is 2.24. The maximum absolute atomic E-state index is 12.0. The van der Waals surface area contributed by atoms with Gasteiger partial charge in [-0.1, -0.05) is 29.6 Å². The normalized spacial score (nSPS) is 14.6. The number of benzene rings is 1. The van der Waals surface area contributed by atoms with Crippen LogP contribution in [0.25, 0.3) is 0 Å². The van der Waals surface area contributed by atoms with Crippen LogP contribution >= 0.6 is 23.2 Å². The van der Waals surface area contributed by atoms with Crippen molar-refractivity contribution in [3.05, 3.63) is 28.2 Å². The molecule has 0 aromatic heterocycles. The Kier molecular flexibility index (Phi) is 6.49. The number of halogens is 2. The molecule has 0 radical (unpaired) electrons. The van der Waals surface area contributed by atoms with Crippen LogP contribution in [-0.4, -0.2) is 16.0 Å². The number of nitrogens with two attached hydrogens (primary N) is 1. The molecule has 0 amide bonds. The summed E-state index contributed by atoms with van der Waals surface area (Å²) in [7, 11) is -1.08. The Hall–Kier alpha value is -0.0900. The highest BCUT2D eigenvalue weighted by molar-refractivity contribution is 7.85. The molecule has 0 aliphatic carbocycles. The Morgan fingerprint density at radius 1 is 1.35 bits per heavy atom. The molecule has 1 aromatic rings. The van der Waals surface area contributed by atoms with E-state index >= 15 is 0 Å². The predicted molar refractivity (Wildman–Crippen MR) is 75.2 cm³/mol. The first-order chi connectivity index (χ1) is 8.00. The lowest BCUT2D eigenvalue weighted by molar-refractivity contribution is 0.613. The second-order valence-corrected chi connectivity index (χ2v) is 6.48. The Morgan fingerprint density at radius 2 is 2.06 bits per heavy atom. The molecule has 2 nitrogen and oxygen atoms in total. The van der Waals surface area contributed by atoms with E-state index in [-0.39, 0.29) is 6.04 Å². The fraction of sp³-hybridized carbons (Fsp3) is 0.500. The molecule has 2 N–H and O–H groups in total. The van der Waals surface area contributed by atoms with Crippen LogP contribution in [0, 0.1) is 0 Å². The molecular weight excluding hydrogens is 277 g/mol. The molecule has 96 valence electrons. The van der Waals surface area contributed by atoms with Gasteiger partial charge < -0.3 is 5.73 Å². The van der Waals surface area contributed by atoms with E-state index in [4.69, 9.17) is 28.9 Å². The van der Waals surface area contributed by atoms with Crippen LogP contribution < -0.4 is 5.73 Å². The highest BCUT2D eigenvalue weighted by Gasteiger charge is 2.09. The molecule has 2 atom stereocenters. The van der Waals surface area contributed by atoms with Crippen molar-refractivity contribution < 1.29 is 4.21 Å². The lowest BCUT2D eigenvalue weighted by Gasteiger charge is -2.06. The van der Waals surface area contributed by atoms with Crippen LogP contribution in [-0.2, 0) is 10.8 Å². The largest absolute Gasteiger partial charge is 0.328 e. The zero-order valence-corrected chi connectivity index (χ0v) is 12.1. The van der Waals surface area contributed by atoms with Gasteiger partial charge in [-0.05, 0) is 38.0 Å². The van der Waals surface area contributed by atoms with Gasteiger partial charge in [-0.3, -0.25) is 4.21 Å². The molecule has 1 aromatic carbocycles. The standard InChI is InChI=1S/C12H17Cl2NOS/c1-9(15)4-2-3-7-17(16)12-8-10(13)5-6-11(12)14/h5-6,8-9H,2-4,7,15H2,1H3. The zero-order valence-electron chi connectivity index (χ0n) is 9.79. The molecule has 5 heteroatoms. The van der Waals surface area contributed by atoms with Crippen molar-refractivity contribution >= 4 is 34.0 Å². The van der Waals surface area contributed by atoms with E-state index in [0.717, 1.165) is 19.3 Å². The summed E-state index contributed by atoms with van der Waals surface area (Å²) in [5.41, 5.74) is 5.65. The third-order valence-corrected chi connectivity index (χ3v) is 4.54. The van der Waals surface area contributed by atoms with E-state index in [2.05, 4.69) is 0 Å². The smallest absolute Gasteiger partial charge is 0.0589 e. The van der Waals surface area contributed by atoms with Gasteiger partial charge >= 0.3 is 0 Å². The molecular formula is C12H17Cl2NOS. The average Bonchev–Trinajstić information content (AvgIpc) is 2.27. The van der Waals surface area contributed by atoms with E-state index in [0.29, 0.717) is 20.7 Å². The maximum atomic E-state index is 12.0. The topological polar surface area (TPSA) is 43.1 Å². The van der Waals surface area contributed by atoms with Crippen LogP contribution in [0.1, 0.15) is 26.2 Å². The van der Waals surface area contributed by atoms with Gasteiger partial charge in [-0.15, -0.1) is 0 Å². The van der Waals surface area contributed by atoms with E-state index in [1.165, 1.54) is 0 Å². The number of hydrogen-bond acceptors (Lipinski definition) is 2. The minimum absolute atomic E-state index is 0.207. The van der Waals surface area contributed by atoms with Gasteiger partial charge in [0.2, 0.25) is 0 Å². The second-order valence-electron chi connectivity index (χ2n) is 4.10. The minimum Gasteiger partial charge on any atom is -0.328 e. The number of unbranched alkanes of at least 4 members (excludes halogenated alkanes) is 1. The summed E-state index contributed by atoms with van der Waals surface area (Å²) in [6, 6.07) is 5.25. The van der Waals surface area contributed by atoms with Crippen molar-refractivity contribution in [3.63, 3.8) is 0 Å². The first-order valence-corrected chi connectivity index (χ1v) is 7.67. The fourth-order valence-electron chi connectivity index (χ4n) is 1.46. The maximum Gasteiger partial charge on any atom is 0.0589 e. The molecule has 0 aliphatic rings. The summed E-state index contributed by atoms with van der Waals surface area (Å²) in [5, 5.41) is 1.08. The fourth-order valence-corrected chi connectivity index (χ4v) is 3.30. The molecule has 0 spiro atoms. The molecule has 0 fully saturated rings. The highest BCUT2D eigenvalue weighted by atomic mass is 35.5. The molecule has 0 saturated heterocycles. The van der Waals surface area contributed by atoms with Gasteiger partial charge in [0.05, 0.1) is 20.7 Å². The van der Waals surface area contributed by atoms with Gasteiger partial charge in [0.25, 0.3) is 0 Å². The lowest BCUT2D eigenvalue weighted by atomic mass is 10.2. The van der Waals surface area contributed by atoms with Gasteiger partial charge in [0.1, 0.15) is 0 Å². The van der Waals surface area contributed by atoms with Crippen molar-refractivity contribution in [1.82, 2.24) is 0 Å². The molecule has 17 heavy (non-hydrogen) atoms. The molecule has 0 bridgehead atoms. The van der Waals surface area contributed by atoms with Gasteiger partial charge in [-0.25, -0.2) is 0 Å². The third kappa shape index (κ3) is 5.38.